The molecule has 3 N–H and O–H groups in total. The number of anilines is 2. The summed E-state index contributed by atoms with van der Waals surface area (Å²) in [4.78, 5) is 43.5. The van der Waals surface area contributed by atoms with Crippen molar-refractivity contribution in [1.82, 2.24) is 9.55 Å². The van der Waals surface area contributed by atoms with Gasteiger partial charge in [0.15, 0.2) is 5.69 Å². The number of aromatic amines is 1. The zero-order valence-corrected chi connectivity index (χ0v) is 19.8. The second kappa shape index (κ2) is 11.5. The van der Waals surface area contributed by atoms with E-state index in [1.807, 2.05) is 42.6 Å². The number of rotatable bonds is 11. The number of ether oxygens (including phenoxy) is 1. The minimum absolute atomic E-state index is 0.00120. The van der Waals surface area contributed by atoms with Crippen molar-refractivity contribution < 1.29 is 9.53 Å². The molecule has 0 fully saturated rings. The van der Waals surface area contributed by atoms with Crippen LogP contribution in [0.2, 0.25) is 0 Å². The van der Waals surface area contributed by atoms with Crippen LogP contribution in [-0.4, -0.2) is 22.6 Å². The van der Waals surface area contributed by atoms with Crippen LogP contribution in [0.1, 0.15) is 43.0 Å². The number of hydrogen-bond acceptors (Lipinski definition) is 6. The molecular weight excluding hydrogens is 440 g/mol. The minimum Gasteiger partial charge on any atom is -0.496 e. The summed E-state index contributed by atoms with van der Waals surface area (Å²) in [7, 11) is 1.55. The minimum atomic E-state index is -0.674. The molecule has 1 amide bonds. The molecular formula is C24H30N4O4S. The number of methoxy groups -OCH3 is 1. The molecule has 0 spiro atoms. The fourth-order valence-electron chi connectivity index (χ4n) is 3.68. The number of carbonyl (C=O) groups is 1. The highest BCUT2D eigenvalue weighted by atomic mass is 32.1. The molecule has 0 saturated heterocycles. The number of para-hydroxylation sites is 1. The number of H-pyrrole nitrogens is 1. The van der Waals surface area contributed by atoms with Crippen molar-refractivity contribution in [1.29, 1.82) is 0 Å². The van der Waals surface area contributed by atoms with Gasteiger partial charge in [-0.1, -0.05) is 37.6 Å². The van der Waals surface area contributed by atoms with Crippen molar-refractivity contribution in [3.05, 3.63) is 73.1 Å². The van der Waals surface area contributed by atoms with Gasteiger partial charge in [0.25, 0.3) is 5.56 Å². The predicted octanol–water partition coefficient (Wildman–Crippen LogP) is 3.55. The van der Waals surface area contributed by atoms with Gasteiger partial charge in [-0.15, -0.1) is 11.3 Å². The van der Waals surface area contributed by atoms with Gasteiger partial charge in [0, 0.05) is 23.4 Å². The van der Waals surface area contributed by atoms with E-state index in [2.05, 4.69) is 4.98 Å². The van der Waals surface area contributed by atoms with Crippen molar-refractivity contribution >= 4 is 28.7 Å². The van der Waals surface area contributed by atoms with Gasteiger partial charge in [0.1, 0.15) is 11.6 Å². The summed E-state index contributed by atoms with van der Waals surface area (Å²) in [6.45, 7) is 2.46. The third kappa shape index (κ3) is 5.92. The van der Waals surface area contributed by atoms with Gasteiger partial charge in [0.05, 0.1) is 13.7 Å². The van der Waals surface area contributed by atoms with Crippen LogP contribution in [0.15, 0.2) is 51.4 Å². The van der Waals surface area contributed by atoms with E-state index in [0.29, 0.717) is 18.7 Å². The molecule has 2 aromatic heterocycles. The Balaban J connectivity index is 1.98. The molecule has 0 radical (unpaired) electrons. The Morgan fingerprint density at radius 3 is 2.67 bits per heavy atom. The molecule has 8 nitrogen and oxygen atoms in total. The van der Waals surface area contributed by atoms with Crippen LogP contribution in [0, 0.1) is 0 Å². The van der Waals surface area contributed by atoms with Crippen molar-refractivity contribution in [2.75, 3.05) is 17.7 Å². The number of aryl methyl sites for hydroxylation is 1. The van der Waals surface area contributed by atoms with Gasteiger partial charge >= 0.3 is 5.69 Å². The first kappa shape index (κ1) is 24.3. The van der Waals surface area contributed by atoms with Gasteiger partial charge in [-0.25, -0.2) is 4.79 Å². The molecule has 2 heterocycles. The van der Waals surface area contributed by atoms with E-state index in [1.54, 1.807) is 24.5 Å². The summed E-state index contributed by atoms with van der Waals surface area (Å²) in [5.74, 6) is 0.359. The smallest absolute Gasteiger partial charge is 0.330 e. The van der Waals surface area contributed by atoms with Gasteiger partial charge in [0.2, 0.25) is 5.91 Å². The third-order valence-corrected chi connectivity index (χ3v) is 6.37. The summed E-state index contributed by atoms with van der Waals surface area (Å²) in [6.07, 6.45) is 3.21. The van der Waals surface area contributed by atoms with Crippen LogP contribution in [0.3, 0.4) is 0 Å². The number of nitrogen functional groups attached to an aromatic ring is 1. The Morgan fingerprint density at radius 1 is 1.18 bits per heavy atom. The molecule has 33 heavy (non-hydrogen) atoms. The van der Waals surface area contributed by atoms with Crippen molar-refractivity contribution in [3.8, 4) is 5.75 Å². The number of aromatic nitrogens is 2. The largest absolute Gasteiger partial charge is 0.496 e. The summed E-state index contributed by atoms with van der Waals surface area (Å²) < 4.78 is 6.77. The molecule has 0 aliphatic heterocycles. The van der Waals surface area contributed by atoms with Gasteiger partial charge in [-0.2, -0.15) is 0 Å². The van der Waals surface area contributed by atoms with Crippen LogP contribution in [-0.2, 0) is 24.3 Å². The first-order valence-electron chi connectivity index (χ1n) is 11.0. The molecule has 0 saturated carbocycles. The average molecular weight is 471 g/mol. The number of nitrogens with two attached hydrogens (primary N) is 1. The predicted molar refractivity (Wildman–Crippen MR) is 132 cm³/mol. The second-order valence-electron chi connectivity index (χ2n) is 7.72. The summed E-state index contributed by atoms with van der Waals surface area (Å²) in [6, 6.07) is 11.3. The Bertz CT molecular complexity index is 1180. The number of thiophene rings is 1. The Labute approximate surface area is 196 Å². The topological polar surface area (TPSA) is 110 Å². The lowest BCUT2D eigenvalue weighted by molar-refractivity contribution is -0.118. The van der Waals surface area contributed by atoms with E-state index in [9.17, 15) is 14.4 Å². The maximum Gasteiger partial charge on any atom is 0.330 e. The van der Waals surface area contributed by atoms with E-state index < -0.39 is 11.2 Å². The zero-order valence-electron chi connectivity index (χ0n) is 19.0. The Hall–Kier alpha value is -3.33. The monoisotopic (exact) mass is 470 g/mol. The number of unbranched alkanes of at least 4 members (excludes halogenated alkanes) is 1. The quantitative estimate of drug-likeness (QED) is 0.445. The van der Waals surface area contributed by atoms with E-state index in [4.69, 9.17) is 10.5 Å². The zero-order chi connectivity index (χ0) is 23.8. The number of nitrogens with zero attached hydrogens (tertiary/aromatic N) is 2. The van der Waals surface area contributed by atoms with Gasteiger partial charge < -0.3 is 10.5 Å². The van der Waals surface area contributed by atoms with Crippen molar-refractivity contribution in [2.24, 2.45) is 0 Å². The van der Waals surface area contributed by atoms with Crippen LogP contribution in [0.5, 0.6) is 5.75 Å². The standard InChI is InChI=1S/C24H30N4O4S/c1-3-4-14-27-22(25)21(23(30)26-24(27)31)28(16-17-9-5-6-12-19(17)32-2)20(29)13-7-10-18-11-8-15-33-18/h5-6,8-9,11-12,15H,3-4,7,10,13-14,16,25H2,1-2H3,(H,26,30,31). The summed E-state index contributed by atoms with van der Waals surface area (Å²) >= 11 is 1.65. The summed E-state index contributed by atoms with van der Waals surface area (Å²) in [5.41, 5.74) is 5.80. The van der Waals surface area contributed by atoms with Crippen LogP contribution in [0.4, 0.5) is 11.5 Å². The fourth-order valence-corrected chi connectivity index (χ4v) is 4.43. The maximum absolute atomic E-state index is 13.4. The number of nitrogens with one attached hydrogen (secondary N) is 1. The molecule has 3 aromatic rings. The molecule has 0 bridgehead atoms. The van der Waals surface area contributed by atoms with Crippen molar-refractivity contribution in [2.45, 2.75) is 52.1 Å². The molecule has 176 valence electrons. The lowest BCUT2D eigenvalue weighted by atomic mass is 10.1. The van der Waals surface area contributed by atoms with Gasteiger partial charge in [-0.3, -0.25) is 24.0 Å². The first-order valence-corrected chi connectivity index (χ1v) is 11.9. The highest BCUT2D eigenvalue weighted by Crippen LogP contribution is 2.25. The van der Waals surface area contributed by atoms with E-state index in [1.165, 1.54) is 14.3 Å². The molecule has 0 aliphatic carbocycles. The van der Waals surface area contributed by atoms with E-state index in [0.717, 1.165) is 24.8 Å². The molecule has 9 heteroatoms. The number of carbonyl (C=O) groups excluding carboxylic acids is 1. The lowest BCUT2D eigenvalue weighted by Crippen LogP contribution is -2.41. The summed E-state index contributed by atoms with van der Waals surface area (Å²) in [5, 5.41) is 2.00. The fraction of sp³-hybridized carbons (Fsp3) is 0.375. The molecule has 0 aliphatic rings. The van der Waals surface area contributed by atoms with Crippen LogP contribution in [0.25, 0.3) is 0 Å². The number of hydrogen-bond donors (Lipinski definition) is 2. The Morgan fingerprint density at radius 2 is 1.97 bits per heavy atom. The molecule has 3 rings (SSSR count). The Kier molecular flexibility index (Phi) is 8.48. The number of amides is 1. The molecule has 1 aromatic carbocycles. The number of benzene rings is 1. The normalized spacial score (nSPS) is 10.8. The van der Waals surface area contributed by atoms with Crippen molar-refractivity contribution in [3.63, 3.8) is 0 Å². The SMILES string of the molecule is CCCCn1c(N)c(N(Cc2ccccc2OC)C(=O)CCCc2cccs2)c(=O)[nH]c1=O. The molecule has 0 atom stereocenters. The second-order valence-corrected chi connectivity index (χ2v) is 8.76. The third-order valence-electron chi connectivity index (χ3n) is 5.44. The first-order chi connectivity index (χ1) is 16.0. The maximum atomic E-state index is 13.4. The van der Waals surface area contributed by atoms with Crippen LogP contribution < -0.4 is 26.6 Å². The average Bonchev–Trinajstić information content (AvgIpc) is 3.32. The van der Waals surface area contributed by atoms with E-state index in [-0.39, 0.29) is 30.4 Å². The molecule has 0 unspecified atom stereocenters. The highest BCUT2D eigenvalue weighted by molar-refractivity contribution is 7.09. The van der Waals surface area contributed by atoms with E-state index >= 15 is 0 Å². The lowest BCUT2D eigenvalue weighted by Gasteiger charge is -2.25. The van der Waals surface area contributed by atoms with Crippen LogP contribution >= 0.6 is 11.3 Å². The highest BCUT2D eigenvalue weighted by Gasteiger charge is 2.25. The van der Waals surface area contributed by atoms with Gasteiger partial charge in [-0.05, 0) is 36.8 Å².